The maximum atomic E-state index is 13.3. The third-order valence-corrected chi connectivity index (χ3v) is 2.41. The van der Waals surface area contributed by atoms with E-state index in [2.05, 4.69) is 16.0 Å². The van der Waals surface area contributed by atoms with Crippen molar-refractivity contribution in [1.29, 1.82) is 0 Å². The Morgan fingerprint density at radius 2 is 2.11 bits per heavy atom. The van der Waals surface area contributed by atoms with Gasteiger partial charge in [0.2, 0.25) is 5.91 Å². The predicted molar refractivity (Wildman–Crippen MR) is 75.5 cm³/mol. The Labute approximate surface area is 116 Å². The largest absolute Gasteiger partial charge is 0.383 e. The van der Waals surface area contributed by atoms with Gasteiger partial charge in [0.25, 0.3) is 0 Å². The molecule has 0 spiro atoms. The molecule has 3 N–H and O–H groups in total. The molecular formula is C12H16FN3O2S. The molecule has 0 unspecified atom stereocenters. The highest BCUT2D eigenvalue weighted by Gasteiger charge is 2.04. The van der Waals surface area contributed by atoms with Gasteiger partial charge >= 0.3 is 0 Å². The van der Waals surface area contributed by atoms with E-state index in [1.54, 1.807) is 25.3 Å². The first-order valence-corrected chi connectivity index (χ1v) is 6.09. The number of halogens is 1. The van der Waals surface area contributed by atoms with Crippen LogP contribution in [0, 0.1) is 5.82 Å². The smallest absolute Gasteiger partial charge is 0.239 e. The van der Waals surface area contributed by atoms with Gasteiger partial charge in [0.1, 0.15) is 5.82 Å². The Morgan fingerprint density at radius 1 is 1.37 bits per heavy atom. The van der Waals surface area contributed by atoms with Gasteiger partial charge in [-0.2, -0.15) is 0 Å². The van der Waals surface area contributed by atoms with E-state index in [1.165, 1.54) is 6.07 Å². The maximum absolute atomic E-state index is 13.3. The van der Waals surface area contributed by atoms with Gasteiger partial charge in [0.05, 0.1) is 18.8 Å². The van der Waals surface area contributed by atoms with Crippen LogP contribution in [-0.2, 0) is 9.53 Å². The fourth-order valence-electron chi connectivity index (χ4n) is 1.24. The van der Waals surface area contributed by atoms with Crippen molar-refractivity contribution in [2.75, 3.05) is 32.1 Å². The summed E-state index contributed by atoms with van der Waals surface area (Å²) in [7, 11) is 1.55. The van der Waals surface area contributed by atoms with Crippen molar-refractivity contribution >= 4 is 28.9 Å². The topological polar surface area (TPSA) is 62.4 Å². The first-order valence-electron chi connectivity index (χ1n) is 5.68. The number of hydrogen-bond donors (Lipinski definition) is 3. The highest BCUT2D eigenvalue weighted by Crippen LogP contribution is 2.11. The molecule has 0 bridgehead atoms. The number of nitrogens with one attached hydrogen (secondary N) is 3. The highest BCUT2D eigenvalue weighted by molar-refractivity contribution is 7.80. The van der Waals surface area contributed by atoms with Crippen molar-refractivity contribution < 1.29 is 13.9 Å². The van der Waals surface area contributed by atoms with Crippen LogP contribution in [0.25, 0.3) is 0 Å². The molecule has 0 saturated carbocycles. The van der Waals surface area contributed by atoms with Gasteiger partial charge in [0.15, 0.2) is 5.11 Å². The van der Waals surface area contributed by atoms with Gasteiger partial charge in [-0.15, -0.1) is 0 Å². The number of thiocarbonyl (C=S) groups is 1. The molecule has 7 heteroatoms. The predicted octanol–water partition coefficient (Wildman–Crippen LogP) is 0.875. The van der Waals surface area contributed by atoms with Gasteiger partial charge in [-0.1, -0.05) is 12.1 Å². The summed E-state index contributed by atoms with van der Waals surface area (Å²) in [6, 6.07) is 6.15. The number of methoxy groups -OCH3 is 1. The number of carbonyl (C=O) groups excluding carboxylic acids is 1. The van der Waals surface area contributed by atoms with E-state index in [0.29, 0.717) is 13.2 Å². The minimum atomic E-state index is -0.406. The first kappa shape index (κ1) is 15.3. The van der Waals surface area contributed by atoms with Crippen LogP contribution in [0.4, 0.5) is 10.1 Å². The number of amides is 1. The average Bonchev–Trinajstić information content (AvgIpc) is 2.39. The lowest BCUT2D eigenvalue weighted by Crippen LogP contribution is -2.39. The summed E-state index contributed by atoms with van der Waals surface area (Å²) in [5.41, 5.74) is 0.264. The van der Waals surface area contributed by atoms with Crippen molar-refractivity contribution in [2.24, 2.45) is 0 Å². The second-order valence-electron chi connectivity index (χ2n) is 3.63. The molecule has 0 aliphatic heterocycles. The number of hydrogen-bond acceptors (Lipinski definition) is 3. The molecule has 0 heterocycles. The minimum Gasteiger partial charge on any atom is -0.383 e. The van der Waals surface area contributed by atoms with Crippen LogP contribution in [0.2, 0.25) is 0 Å². The Kier molecular flexibility index (Phi) is 6.76. The van der Waals surface area contributed by atoms with E-state index in [9.17, 15) is 9.18 Å². The van der Waals surface area contributed by atoms with Crippen LogP contribution in [0.1, 0.15) is 0 Å². The van der Waals surface area contributed by atoms with Gasteiger partial charge in [-0.05, 0) is 24.4 Å². The lowest BCUT2D eigenvalue weighted by molar-refractivity contribution is -0.120. The number of benzene rings is 1. The van der Waals surface area contributed by atoms with Gasteiger partial charge in [-0.25, -0.2) is 4.39 Å². The van der Waals surface area contributed by atoms with Crippen LogP contribution in [0.5, 0.6) is 0 Å². The zero-order chi connectivity index (χ0) is 14.1. The maximum Gasteiger partial charge on any atom is 0.239 e. The van der Waals surface area contributed by atoms with E-state index in [4.69, 9.17) is 17.0 Å². The molecule has 19 heavy (non-hydrogen) atoms. The molecule has 0 radical (unpaired) electrons. The first-order chi connectivity index (χ1) is 9.13. The van der Waals surface area contributed by atoms with Crippen molar-refractivity contribution in [1.82, 2.24) is 10.6 Å². The Morgan fingerprint density at radius 3 is 2.79 bits per heavy atom. The van der Waals surface area contributed by atoms with Crippen LogP contribution < -0.4 is 16.0 Å². The molecule has 1 aromatic rings. The quantitative estimate of drug-likeness (QED) is 0.535. The summed E-state index contributed by atoms with van der Waals surface area (Å²) in [5.74, 6) is -0.620. The molecular weight excluding hydrogens is 269 g/mol. The van der Waals surface area contributed by atoms with Crippen molar-refractivity contribution in [3.63, 3.8) is 0 Å². The summed E-state index contributed by atoms with van der Waals surface area (Å²) in [5, 5.41) is 8.17. The number of para-hydroxylation sites is 1. The molecule has 0 aromatic heterocycles. The summed E-state index contributed by atoms with van der Waals surface area (Å²) in [4.78, 5) is 11.4. The highest BCUT2D eigenvalue weighted by atomic mass is 32.1. The number of rotatable bonds is 6. The number of anilines is 1. The Bertz CT molecular complexity index is 443. The summed E-state index contributed by atoms with van der Waals surface area (Å²) >= 11 is 4.96. The van der Waals surface area contributed by atoms with Crippen LogP contribution in [0.15, 0.2) is 24.3 Å². The minimum absolute atomic E-state index is 0.0179. The van der Waals surface area contributed by atoms with Crippen molar-refractivity contribution in [3.8, 4) is 0 Å². The fourth-order valence-corrected chi connectivity index (χ4v) is 1.43. The summed E-state index contributed by atoms with van der Waals surface area (Å²) < 4.78 is 18.1. The standard InChI is InChI=1S/C12H16FN3O2S/c1-18-7-6-14-11(17)8-15-12(19)16-10-5-3-2-4-9(10)13/h2-5H,6-8H2,1H3,(H,14,17)(H2,15,16,19). The Hall–Kier alpha value is -1.73. The summed E-state index contributed by atoms with van der Waals surface area (Å²) in [6.07, 6.45) is 0. The zero-order valence-corrected chi connectivity index (χ0v) is 11.3. The van der Waals surface area contributed by atoms with E-state index >= 15 is 0 Å². The third-order valence-electron chi connectivity index (χ3n) is 2.16. The van der Waals surface area contributed by atoms with E-state index in [0.717, 1.165) is 0 Å². The van der Waals surface area contributed by atoms with Crippen LogP contribution >= 0.6 is 12.2 Å². The monoisotopic (exact) mass is 285 g/mol. The molecule has 0 fully saturated rings. The lowest BCUT2D eigenvalue weighted by atomic mass is 10.3. The second kappa shape index (κ2) is 8.39. The molecule has 104 valence electrons. The molecule has 0 aliphatic rings. The molecule has 0 aliphatic carbocycles. The number of ether oxygens (including phenoxy) is 1. The number of carbonyl (C=O) groups is 1. The molecule has 0 saturated heterocycles. The summed E-state index contributed by atoms with van der Waals surface area (Å²) in [6.45, 7) is 0.901. The molecule has 1 aromatic carbocycles. The average molecular weight is 285 g/mol. The van der Waals surface area contributed by atoms with Crippen LogP contribution in [0.3, 0.4) is 0 Å². The van der Waals surface area contributed by atoms with E-state index in [1.807, 2.05) is 0 Å². The van der Waals surface area contributed by atoms with E-state index in [-0.39, 0.29) is 23.3 Å². The lowest BCUT2D eigenvalue weighted by Gasteiger charge is -2.11. The fraction of sp³-hybridized carbons (Fsp3) is 0.333. The van der Waals surface area contributed by atoms with Gasteiger partial charge in [-0.3, -0.25) is 4.79 Å². The zero-order valence-electron chi connectivity index (χ0n) is 10.5. The molecule has 5 nitrogen and oxygen atoms in total. The third kappa shape index (κ3) is 6.12. The molecule has 1 amide bonds. The van der Waals surface area contributed by atoms with Gasteiger partial charge in [0, 0.05) is 13.7 Å². The SMILES string of the molecule is COCCNC(=O)CNC(=S)Nc1ccccc1F. The van der Waals surface area contributed by atoms with Crippen molar-refractivity contribution in [3.05, 3.63) is 30.1 Å². The Balaban J connectivity index is 2.28. The van der Waals surface area contributed by atoms with Crippen molar-refractivity contribution in [2.45, 2.75) is 0 Å². The second-order valence-corrected chi connectivity index (χ2v) is 4.04. The normalized spacial score (nSPS) is 9.79. The molecule has 0 atom stereocenters. The molecule has 1 rings (SSSR count). The van der Waals surface area contributed by atoms with E-state index < -0.39 is 5.82 Å². The van der Waals surface area contributed by atoms with Crippen LogP contribution in [-0.4, -0.2) is 37.8 Å². The van der Waals surface area contributed by atoms with Gasteiger partial charge < -0.3 is 20.7 Å².